The van der Waals surface area contributed by atoms with E-state index >= 15 is 0 Å². The maximum absolute atomic E-state index is 5.56. The predicted octanol–water partition coefficient (Wildman–Crippen LogP) is 2.51. The zero-order chi connectivity index (χ0) is 14.5. The molecule has 0 aliphatic carbocycles. The van der Waals surface area contributed by atoms with Gasteiger partial charge in [0.2, 0.25) is 5.95 Å². The first-order chi connectivity index (χ1) is 10.3. The van der Waals surface area contributed by atoms with E-state index in [9.17, 15) is 0 Å². The van der Waals surface area contributed by atoms with E-state index in [1.165, 1.54) is 0 Å². The van der Waals surface area contributed by atoms with Crippen molar-refractivity contribution in [1.82, 2.24) is 15.2 Å². The second-order valence-electron chi connectivity index (χ2n) is 5.12. The number of rotatable bonds is 5. The third kappa shape index (κ3) is 3.66. The van der Waals surface area contributed by atoms with Gasteiger partial charge in [0, 0.05) is 18.8 Å². The first kappa shape index (κ1) is 13.8. The van der Waals surface area contributed by atoms with Crippen LogP contribution >= 0.6 is 0 Å². The minimum absolute atomic E-state index is 0.251. The lowest BCUT2D eigenvalue weighted by molar-refractivity contribution is 0.120. The summed E-state index contributed by atoms with van der Waals surface area (Å²) >= 11 is 0. The summed E-state index contributed by atoms with van der Waals surface area (Å²) in [5, 5.41) is 14.4. The van der Waals surface area contributed by atoms with Crippen molar-refractivity contribution in [2.45, 2.75) is 25.9 Å². The van der Waals surface area contributed by atoms with Crippen molar-refractivity contribution in [2.75, 3.05) is 23.8 Å². The normalized spacial score (nSPS) is 17.7. The topological polar surface area (TPSA) is 72.0 Å². The average molecular weight is 285 g/mol. The van der Waals surface area contributed by atoms with Crippen LogP contribution in [0.5, 0.6) is 0 Å². The molecule has 1 atom stereocenters. The summed E-state index contributed by atoms with van der Waals surface area (Å²) in [6, 6.07) is 8.05. The van der Waals surface area contributed by atoms with Gasteiger partial charge in [0.15, 0.2) is 5.82 Å². The molecule has 21 heavy (non-hydrogen) atoms. The SMILES string of the molecule is Cc1ccccc1Nc1cnnc(NCC2CCCO2)n1. The highest BCUT2D eigenvalue weighted by molar-refractivity contribution is 5.59. The van der Waals surface area contributed by atoms with Crippen LogP contribution in [-0.4, -0.2) is 34.4 Å². The highest BCUT2D eigenvalue weighted by Gasteiger charge is 2.15. The van der Waals surface area contributed by atoms with Gasteiger partial charge in [0.25, 0.3) is 0 Å². The fourth-order valence-electron chi connectivity index (χ4n) is 2.30. The molecule has 6 heteroatoms. The Morgan fingerprint density at radius 2 is 2.24 bits per heavy atom. The summed E-state index contributed by atoms with van der Waals surface area (Å²) in [5.74, 6) is 1.19. The van der Waals surface area contributed by atoms with Crippen LogP contribution in [0, 0.1) is 6.92 Å². The van der Waals surface area contributed by atoms with E-state index in [0.717, 1.165) is 37.2 Å². The first-order valence-corrected chi connectivity index (χ1v) is 7.19. The summed E-state index contributed by atoms with van der Waals surface area (Å²) < 4.78 is 5.56. The molecular formula is C15H19N5O. The van der Waals surface area contributed by atoms with Crippen LogP contribution in [-0.2, 0) is 4.74 Å². The Hall–Kier alpha value is -2.21. The van der Waals surface area contributed by atoms with Crippen molar-refractivity contribution in [3.05, 3.63) is 36.0 Å². The van der Waals surface area contributed by atoms with Crippen molar-refractivity contribution in [3.8, 4) is 0 Å². The number of ether oxygens (including phenoxy) is 1. The van der Waals surface area contributed by atoms with E-state index in [2.05, 4.69) is 25.8 Å². The van der Waals surface area contributed by atoms with Crippen molar-refractivity contribution in [3.63, 3.8) is 0 Å². The maximum Gasteiger partial charge on any atom is 0.244 e. The molecular weight excluding hydrogens is 266 g/mol. The average Bonchev–Trinajstić information content (AvgIpc) is 3.01. The highest BCUT2D eigenvalue weighted by Crippen LogP contribution is 2.18. The van der Waals surface area contributed by atoms with Crippen molar-refractivity contribution in [2.24, 2.45) is 0 Å². The number of para-hydroxylation sites is 1. The van der Waals surface area contributed by atoms with Crippen LogP contribution in [0.1, 0.15) is 18.4 Å². The molecule has 1 saturated heterocycles. The van der Waals surface area contributed by atoms with E-state index in [4.69, 9.17) is 4.74 Å². The van der Waals surface area contributed by atoms with Gasteiger partial charge in [-0.15, -0.1) is 5.10 Å². The van der Waals surface area contributed by atoms with E-state index < -0.39 is 0 Å². The number of nitrogens with one attached hydrogen (secondary N) is 2. The van der Waals surface area contributed by atoms with Crippen LogP contribution in [0.4, 0.5) is 17.5 Å². The quantitative estimate of drug-likeness (QED) is 0.879. The lowest BCUT2D eigenvalue weighted by atomic mass is 10.2. The van der Waals surface area contributed by atoms with Crippen LogP contribution in [0.15, 0.2) is 30.5 Å². The van der Waals surface area contributed by atoms with E-state index in [-0.39, 0.29) is 6.10 Å². The summed E-state index contributed by atoms with van der Waals surface area (Å²) in [6.07, 6.45) is 4.08. The number of nitrogens with zero attached hydrogens (tertiary/aromatic N) is 3. The molecule has 0 spiro atoms. The molecule has 3 rings (SSSR count). The van der Waals surface area contributed by atoms with Crippen LogP contribution in [0.3, 0.4) is 0 Å². The third-order valence-electron chi connectivity index (χ3n) is 3.48. The largest absolute Gasteiger partial charge is 0.376 e. The molecule has 0 bridgehead atoms. The fraction of sp³-hybridized carbons (Fsp3) is 0.400. The van der Waals surface area contributed by atoms with Crippen molar-refractivity contribution >= 4 is 17.5 Å². The standard InChI is InChI=1S/C15H19N5O/c1-11-5-2-3-7-13(11)18-14-10-17-20-15(19-14)16-9-12-6-4-8-21-12/h2-3,5,7,10,12H,4,6,8-9H2,1H3,(H2,16,18,19,20). The molecule has 2 aromatic rings. The van der Waals surface area contributed by atoms with Gasteiger partial charge in [-0.05, 0) is 31.4 Å². The van der Waals surface area contributed by atoms with Gasteiger partial charge in [0.1, 0.15) is 0 Å². The summed E-state index contributed by atoms with van der Waals surface area (Å²) in [6.45, 7) is 3.61. The Morgan fingerprint density at radius 3 is 3.05 bits per heavy atom. The van der Waals surface area contributed by atoms with Crippen molar-refractivity contribution in [1.29, 1.82) is 0 Å². The molecule has 1 unspecified atom stereocenters. The molecule has 0 saturated carbocycles. The molecule has 6 nitrogen and oxygen atoms in total. The zero-order valence-electron chi connectivity index (χ0n) is 12.0. The van der Waals surface area contributed by atoms with Gasteiger partial charge >= 0.3 is 0 Å². The minimum Gasteiger partial charge on any atom is -0.376 e. The third-order valence-corrected chi connectivity index (χ3v) is 3.48. The molecule has 1 aliphatic heterocycles. The molecule has 0 amide bonds. The molecule has 1 aromatic heterocycles. The number of anilines is 3. The van der Waals surface area contributed by atoms with Gasteiger partial charge in [-0.2, -0.15) is 10.1 Å². The number of aryl methyl sites for hydroxylation is 1. The van der Waals surface area contributed by atoms with Gasteiger partial charge in [-0.3, -0.25) is 0 Å². The van der Waals surface area contributed by atoms with E-state index in [0.29, 0.717) is 11.8 Å². The zero-order valence-corrected chi connectivity index (χ0v) is 12.0. The van der Waals surface area contributed by atoms with Gasteiger partial charge < -0.3 is 15.4 Å². The highest BCUT2D eigenvalue weighted by atomic mass is 16.5. The van der Waals surface area contributed by atoms with E-state index in [1.54, 1.807) is 6.20 Å². The van der Waals surface area contributed by atoms with Gasteiger partial charge in [-0.25, -0.2) is 0 Å². The van der Waals surface area contributed by atoms with Gasteiger partial charge in [0.05, 0.1) is 12.3 Å². The predicted molar refractivity (Wildman–Crippen MR) is 81.8 cm³/mol. The first-order valence-electron chi connectivity index (χ1n) is 7.19. The van der Waals surface area contributed by atoms with Crippen LogP contribution < -0.4 is 10.6 Å². The minimum atomic E-state index is 0.251. The number of benzene rings is 1. The van der Waals surface area contributed by atoms with E-state index in [1.807, 2.05) is 31.2 Å². The molecule has 110 valence electrons. The molecule has 1 aromatic carbocycles. The Bertz CT molecular complexity index is 598. The Labute approximate surface area is 124 Å². The van der Waals surface area contributed by atoms with Gasteiger partial charge in [-0.1, -0.05) is 18.2 Å². The fourth-order valence-corrected chi connectivity index (χ4v) is 2.30. The summed E-state index contributed by atoms with van der Waals surface area (Å²) in [7, 11) is 0. The lowest BCUT2D eigenvalue weighted by Gasteiger charge is -2.11. The maximum atomic E-state index is 5.56. The van der Waals surface area contributed by atoms with Crippen molar-refractivity contribution < 1.29 is 4.74 Å². The molecule has 2 heterocycles. The number of hydrogen-bond acceptors (Lipinski definition) is 6. The Morgan fingerprint density at radius 1 is 1.33 bits per heavy atom. The summed E-state index contributed by atoms with van der Waals surface area (Å²) in [5.41, 5.74) is 2.17. The smallest absolute Gasteiger partial charge is 0.244 e. The number of aromatic nitrogens is 3. The van der Waals surface area contributed by atoms with Crippen LogP contribution in [0.2, 0.25) is 0 Å². The number of hydrogen-bond donors (Lipinski definition) is 2. The molecule has 0 radical (unpaired) electrons. The molecule has 1 aliphatic rings. The molecule has 2 N–H and O–H groups in total. The second kappa shape index (κ2) is 6.49. The van der Waals surface area contributed by atoms with Crippen LogP contribution in [0.25, 0.3) is 0 Å². The lowest BCUT2D eigenvalue weighted by Crippen LogP contribution is -2.20. The molecule has 1 fully saturated rings. The monoisotopic (exact) mass is 285 g/mol. The Balaban J connectivity index is 1.64. The summed E-state index contributed by atoms with van der Waals surface area (Å²) in [4.78, 5) is 4.42. The second-order valence-corrected chi connectivity index (χ2v) is 5.12. The Kier molecular flexibility index (Phi) is 4.25.